The second kappa shape index (κ2) is 10.5. The van der Waals surface area contributed by atoms with Gasteiger partial charge in [-0.05, 0) is 57.4 Å². The monoisotopic (exact) mass is 389 g/mol. The topological polar surface area (TPSA) is 103 Å². The summed E-state index contributed by atoms with van der Waals surface area (Å²) in [5, 5.41) is 11.3. The van der Waals surface area contributed by atoms with E-state index in [4.69, 9.17) is 0 Å². The summed E-state index contributed by atoms with van der Waals surface area (Å²) in [6.07, 6.45) is 2.47. The highest BCUT2D eigenvalue weighted by molar-refractivity contribution is 5.92. The molecule has 1 aliphatic rings. The van der Waals surface area contributed by atoms with Crippen molar-refractivity contribution in [3.05, 3.63) is 24.3 Å². The van der Waals surface area contributed by atoms with Gasteiger partial charge < -0.3 is 26.2 Å². The molecule has 0 bridgehead atoms. The van der Waals surface area contributed by atoms with Gasteiger partial charge in [0.25, 0.3) is 0 Å². The minimum absolute atomic E-state index is 0.00564. The minimum atomic E-state index is -0.254. The molecule has 8 nitrogen and oxygen atoms in total. The van der Waals surface area contributed by atoms with Crippen LogP contribution in [0.2, 0.25) is 0 Å². The van der Waals surface area contributed by atoms with Crippen molar-refractivity contribution in [2.45, 2.75) is 46.1 Å². The molecular weight excluding hydrogens is 358 g/mol. The molecule has 2 rings (SSSR count). The number of likely N-dealkylation sites (tertiary alicyclic amines) is 1. The van der Waals surface area contributed by atoms with Crippen LogP contribution < -0.4 is 21.3 Å². The predicted octanol–water partition coefficient (Wildman–Crippen LogP) is 2.99. The number of anilines is 2. The summed E-state index contributed by atoms with van der Waals surface area (Å²) in [7, 11) is 0. The predicted molar refractivity (Wildman–Crippen MR) is 110 cm³/mol. The quantitative estimate of drug-likeness (QED) is 0.601. The number of piperidine rings is 1. The molecule has 0 unspecified atom stereocenters. The molecular formula is C20H31N5O3. The van der Waals surface area contributed by atoms with Crippen LogP contribution in [0.1, 0.15) is 40.0 Å². The van der Waals surface area contributed by atoms with Crippen LogP contribution in [0.15, 0.2) is 24.3 Å². The van der Waals surface area contributed by atoms with Gasteiger partial charge in [-0.15, -0.1) is 0 Å². The van der Waals surface area contributed by atoms with E-state index in [-0.39, 0.29) is 29.9 Å². The van der Waals surface area contributed by atoms with Crippen LogP contribution in [0.3, 0.4) is 0 Å². The van der Waals surface area contributed by atoms with Gasteiger partial charge in [0.15, 0.2) is 0 Å². The third-order valence-corrected chi connectivity index (χ3v) is 4.81. The van der Waals surface area contributed by atoms with Crippen molar-refractivity contribution in [2.75, 3.05) is 30.3 Å². The fraction of sp³-hybridized carbons (Fsp3) is 0.550. The van der Waals surface area contributed by atoms with Crippen LogP contribution in [-0.4, -0.2) is 48.5 Å². The van der Waals surface area contributed by atoms with Gasteiger partial charge in [0.05, 0.1) is 5.92 Å². The van der Waals surface area contributed by atoms with Gasteiger partial charge in [-0.1, -0.05) is 6.92 Å². The van der Waals surface area contributed by atoms with E-state index in [1.807, 2.05) is 20.8 Å². The van der Waals surface area contributed by atoms with E-state index >= 15 is 0 Å². The average molecular weight is 390 g/mol. The first kappa shape index (κ1) is 21.5. The number of carbonyl (C=O) groups is 3. The third-order valence-electron chi connectivity index (χ3n) is 4.81. The Labute approximate surface area is 166 Å². The molecule has 1 heterocycles. The Balaban J connectivity index is 1.86. The molecule has 1 fully saturated rings. The summed E-state index contributed by atoms with van der Waals surface area (Å²) in [6.45, 7) is 7.48. The van der Waals surface area contributed by atoms with E-state index in [2.05, 4.69) is 21.3 Å². The Kier molecular flexibility index (Phi) is 8.10. The first-order valence-electron chi connectivity index (χ1n) is 9.94. The molecule has 5 amide bonds. The smallest absolute Gasteiger partial charge is 0.321 e. The van der Waals surface area contributed by atoms with Gasteiger partial charge in [-0.3, -0.25) is 4.79 Å². The summed E-state index contributed by atoms with van der Waals surface area (Å²) < 4.78 is 0. The van der Waals surface area contributed by atoms with Gasteiger partial charge in [0.2, 0.25) is 5.91 Å². The second-order valence-corrected chi connectivity index (χ2v) is 7.10. The molecule has 1 saturated heterocycles. The number of benzene rings is 1. The highest BCUT2D eigenvalue weighted by Gasteiger charge is 2.28. The highest BCUT2D eigenvalue weighted by atomic mass is 16.2. The molecule has 1 aromatic rings. The van der Waals surface area contributed by atoms with E-state index in [1.165, 1.54) is 0 Å². The average Bonchev–Trinajstić information content (AvgIpc) is 2.69. The Morgan fingerprint density at radius 1 is 1.11 bits per heavy atom. The number of hydrogen-bond acceptors (Lipinski definition) is 3. The summed E-state index contributed by atoms with van der Waals surface area (Å²) >= 11 is 0. The fourth-order valence-electron chi connectivity index (χ4n) is 3.03. The molecule has 0 aromatic heterocycles. The summed E-state index contributed by atoms with van der Waals surface area (Å²) in [4.78, 5) is 38.1. The van der Waals surface area contributed by atoms with Crippen LogP contribution >= 0.6 is 0 Å². The Morgan fingerprint density at radius 3 is 2.36 bits per heavy atom. The maximum Gasteiger partial charge on any atom is 0.321 e. The van der Waals surface area contributed by atoms with E-state index < -0.39 is 0 Å². The lowest BCUT2D eigenvalue weighted by molar-refractivity contribution is -0.126. The lowest BCUT2D eigenvalue weighted by atomic mass is 9.97. The van der Waals surface area contributed by atoms with E-state index in [1.54, 1.807) is 29.2 Å². The highest BCUT2D eigenvalue weighted by Crippen LogP contribution is 2.19. The second-order valence-electron chi connectivity index (χ2n) is 7.10. The zero-order valence-electron chi connectivity index (χ0n) is 16.9. The molecule has 0 spiro atoms. The Hall–Kier alpha value is -2.77. The molecule has 154 valence electrons. The standard InChI is InChI=1S/C20H31N5O3/c1-4-14(3)22-19(27)23-16-8-10-17(11-9-16)24-20(28)25-12-6-7-15(13-25)18(26)21-5-2/h8-11,14-15H,4-7,12-13H2,1-3H3,(H,21,26)(H,24,28)(H2,22,23,27)/t14-,15+/m0/s1. The number of hydrogen-bond donors (Lipinski definition) is 4. The number of carbonyl (C=O) groups excluding carboxylic acids is 3. The van der Waals surface area contributed by atoms with Gasteiger partial charge in [-0.2, -0.15) is 0 Å². The van der Waals surface area contributed by atoms with E-state index in [0.29, 0.717) is 31.0 Å². The number of urea groups is 2. The van der Waals surface area contributed by atoms with Crippen molar-refractivity contribution in [3.63, 3.8) is 0 Å². The summed E-state index contributed by atoms with van der Waals surface area (Å²) in [5.74, 6) is -0.152. The van der Waals surface area contributed by atoms with Gasteiger partial charge in [0.1, 0.15) is 0 Å². The van der Waals surface area contributed by atoms with Crippen LogP contribution in [0, 0.1) is 5.92 Å². The fourth-order valence-corrected chi connectivity index (χ4v) is 3.03. The largest absolute Gasteiger partial charge is 0.356 e. The molecule has 28 heavy (non-hydrogen) atoms. The SMILES string of the molecule is CCNC(=O)[C@@H]1CCCN(C(=O)Nc2ccc(NC(=O)N[C@@H](C)CC)cc2)C1. The maximum atomic E-state index is 12.5. The Morgan fingerprint density at radius 2 is 1.75 bits per heavy atom. The van der Waals surface area contributed by atoms with E-state index in [9.17, 15) is 14.4 Å². The number of nitrogens with zero attached hydrogens (tertiary/aromatic N) is 1. The maximum absolute atomic E-state index is 12.5. The van der Waals surface area contributed by atoms with Crippen LogP contribution in [0.5, 0.6) is 0 Å². The molecule has 8 heteroatoms. The minimum Gasteiger partial charge on any atom is -0.356 e. The molecule has 1 aromatic carbocycles. The summed E-state index contributed by atoms with van der Waals surface area (Å²) in [6, 6.07) is 6.58. The Bertz CT molecular complexity index is 677. The molecule has 1 aliphatic heterocycles. The number of rotatable bonds is 6. The molecule has 2 atom stereocenters. The van der Waals surface area contributed by atoms with Gasteiger partial charge in [-0.25, -0.2) is 9.59 Å². The third kappa shape index (κ3) is 6.44. The lowest BCUT2D eigenvalue weighted by Gasteiger charge is -2.32. The number of nitrogens with one attached hydrogen (secondary N) is 4. The summed E-state index contributed by atoms with van der Waals surface area (Å²) in [5.41, 5.74) is 1.28. The van der Waals surface area contributed by atoms with E-state index in [0.717, 1.165) is 19.3 Å². The number of amides is 5. The van der Waals surface area contributed by atoms with Crippen molar-refractivity contribution in [1.82, 2.24) is 15.5 Å². The van der Waals surface area contributed by atoms with Crippen LogP contribution in [-0.2, 0) is 4.79 Å². The first-order chi connectivity index (χ1) is 13.4. The van der Waals surface area contributed by atoms with Crippen molar-refractivity contribution in [2.24, 2.45) is 5.92 Å². The van der Waals surface area contributed by atoms with Crippen LogP contribution in [0.4, 0.5) is 21.0 Å². The van der Waals surface area contributed by atoms with Gasteiger partial charge >= 0.3 is 12.1 Å². The van der Waals surface area contributed by atoms with Crippen molar-refractivity contribution in [3.8, 4) is 0 Å². The van der Waals surface area contributed by atoms with Crippen molar-refractivity contribution >= 4 is 29.3 Å². The van der Waals surface area contributed by atoms with Gasteiger partial charge in [0, 0.05) is 37.1 Å². The normalized spacial score (nSPS) is 17.4. The first-order valence-corrected chi connectivity index (χ1v) is 9.94. The van der Waals surface area contributed by atoms with Crippen molar-refractivity contribution < 1.29 is 14.4 Å². The molecule has 0 radical (unpaired) electrons. The molecule has 0 saturated carbocycles. The zero-order chi connectivity index (χ0) is 20.5. The van der Waals surface area contributed by atoms with Crippen molar-refractivity contribution in [1.29, 1.82) is 0 Å². The molecule has 0 aliphatic carbocycles. The lowest BCUT2D eigenvalue weighted by Crippen LogP contribution is -2.46. The zero-order valence-corrected chi connectivity index (χ0v) is 16.9. The molecule has 4 N–H and O–H groups in total. The van der Waals surface area contributed by atoms with Crippen LogP contribution in [0.25, 0.3) is 0 Å².